The lowest BCUT2D eigenvalue weighted by Gasteiger charge is -1.99. The van der Waals surface area contributed by atoms with E-state index >= 15 is 0 Å². The molecular formula is C22H32N2O4. The van der Waals surface area contributed by atoms with Crippen LogP contribution in [-0.4, -0.2) is 47.7 Å². The van der Waals surface area contributed by atoms with Crippen LogP contribution in [0.3, 0.4) is 0 Å². The summed E-state index contributed by atoms with van der Waals surface area (Å²) < 4.78 is 0. The molecule has 154 valence electrons. The minimum absolute atomic E-state index is 0.256. The van der Waals surface area contributed by atoms with Crippen molar-refractivity contribution >= 4 is 24.4 Å². The zero-order valence-corrected chi connectivity index (χ0v) is 16.6. The zero-order valence-electron chi connectivity index (χ0n) is 16.6. The van der Waals surface area contributed by atoms with E-state index in [0.717, 1.165) is 75.6 Å². The number of aliphatic imine (C=N–C) groups is 2. The van der Waals surface area contributed by atoms with E-state index in [0.29, 0.717) is 0 Å². The molecule has 0 aromatic heterocycles. The highest BCUT2D eigenvalue weighted by Gasteiger charge is 1.97. The molecule has 0 fully saturated rings. The molecule has 2 N–H and O–H groups in total. The molecule has 1 aromatic carbocycles. The molecule has 0 radical (unpaired) electrons. The fourth-order valence-corrected chi connectivity index (χ4v) is 2.67. The Hall–Kier alpha value is -2.50. The zero-order chi connectivity index (χ0) is 20.5. The van der Waals surface area contributed by atoms with Gasteiger partial charge < -0.3 is 10.2 Å². The maximum absolute atomic E-state index is 10.4. The molecule has 0 amide bonds. The minimum Gasteiger partial charge on any atom is -0.481 e. The van der Waals surface area contributed by atoms with Crippen molar-refractivity contribution in [3.8, 4) is 0 Å². The van der Waals surface area contributed by atoms with E-state index in [-0.39, 0.29) is 12.8 Å². The molecule has 0 aliphatic heterocycles. The van der Waals surface area contributed by atoms with Gasteiger partial charge in [-0.2, -0.15) is 0 Å². The number of rotatable bonds is 16. The van der Waals surface area contributed by atoms with E-state index in [1.165, 1.54) is 0 Å². The van der Waals surface area contributed by atoms with Crippen molar-refractivity contribution in [1.82, 2.24) is 0 Å². The third-order valence-electron chi connectivity index (χ3n) is 4.27. The fraction of sp³-hybridized carbons (Fsp3) is 0.545. The number of carboxylic acid groups (broad SMARTS) is 2. The van der Waals surface area contributed by atoms with Crippen molar-refractivity contribution in [2.45, 2.75) is 64.2 Å². The van der Waals surface area contributed by atoms with E-state index in [2.05, 4.69) is 9.98 Å². The molecule has 0 aliphatic carbocycles. The van der Waals surface area contributed by atoms with Gasteiger partial charge in [-0.25, -0.2) is 0 Å². The van der Waals surface area contributed by atoms with Gasteiger partial charge in [0.2, 0.25) is 0 Å². The van der Waals surface area contributed by atoms with E-state index in [9.17, 15) is 9.59 Å². The summed E-state index contributed by atoms with van der Waals surface area (Å²) in [6.45, 7) is 1.53. The standard InChI is InChI=1S/C22H32N2O4/c25-21(26)9-5-1-3-7-15-23-17-19-11-13-20(14-12-19)18-24-16-8-4-2-6-10-22(27)28/h11-14,17-18H,1-10,15-16H2,(H,25,26)(H,27,28)/b23-17+,24-18+. The second-order valence-electron chi connectivity index (χ2n) is 6.85. The Bertz CT molecular complexity index is 569. The SMILES string of the molecule is O=C(O)CCCCCC/N=C/c1ccc(/C=N/CCCCCCC(=O)O)cc1. The van der Waals surface area contributed by atoms with Gasteiger partial charge in [0.05, 0.1) is 0 Å². The summed E-state index contributed by atoms with van der Waals surface area (Å²) in [5.41, 5.74) is 2.11. The van der Waals surface area contributed by atoms with Crippen LogP contribution in [-0.2, 0) is 9.59 Å². The van der Waals surface area contributed by atoms with Gasteiger partial charge in [0.1, 0.15) is 0 Å². The smallest absolute Gasteiger partial charge is 0.303 e. The second-order valence-corrected chi connectivity index (χ2v) is 6.85. The van der Waals surface area contributed by atoms with Gasteiger partial charge in [0, 0.05) is 38.4 Å². The Morgan fingerprint density at radius 2 is 1.00 bits per heavy atom. The Morgan fingerprint density at radius 3 is 1.36 bits per heavy atom. The number of carbonyl (C=O) groups is 2. The van der Waals surface area contributed by atoms with Crippen molar-refractivity contribution in [1.29, 1.82) is 0 Å². The third-order valence-corrected chi connectivity index (χ3v) is 4.27. The van der Waals surface area contributed by atoms with Gasteiger partial charge in [0.25, 0.3) is 0 Å². The monoisotopic (exact) mass is 388 g/mol. The van der Waals surface area contributed by atoms with Gasteiger partial charge >= 0.3 is 11.9 Å². The minimum atomic E-state index is -0.723. The number of carboxylic acids is 2. The number of hydrogen-bond donors (Lipinski definition) is 2. The molecule has 1 aromatic rings. The van der Waals surface area contributed by atoms with Crippen LogP contribution in [0.25, 0.3) is 0 Å². The highest BCUT2D eigenvalue weighted by Crippen LogP contribution is 2.05. The summed E-state index contributed by atoms with van der Waals surface area (Å²) in [6.07, 6.45) is 11.6. The lowest BCUT2D eigenvalue weighted by atomic mass is 10.1. The average molecular weight is 389 g/mol. The Balaban J connectivity index is 2.12. The Morgan fingerprint density at radius 1 is 0.643 bits per heavy atom. The average Bonchev–Trinajstić information content (AvgIpc) is 2.66. The molecule has 0 atom stereocenters. The molecule has 0 heterocycles. The van der Waals surface area contributed by atoms with Gasteiger partial charge in [-0.3, -0.25) is 19.6 Å². The quantitative estimate of drug-likeness (QED) is 0.319. The molecule has 0 saturated heterocycles. The predicted octanol–water partition coefficient (Wildman–Crippen LogP) is 4.59. The third kappa shape index (κ3) is 13.7. The number of unbranched alkanes of at least 4 members (excludes halogenated alkanes) is 6. The first-order valence-electron chi connectivity index (χ1n) is 10.1. The summed E-state index contributed by atoms with van der Waals surface area (Å²) in [7, 11) is 0. The van der Waals surface area contributed by atoms with Crippen LogP contribution >= 0.6 is 0 Å². The van der Waals surface area contributed by atoms with Gasteiger partial charge in [-0.1, -0.05) is 49.9 Å². The summed E-state index contributed by atoms with van der Waals surface area (Å²) in [5.74, 6) is -1.45. The van der Waals surface area contributed by atoms with E-state index in [4.69, 9.17) is 10.2 Å². The van der Waals surface area contributed by atoms with Crippen molar-refractivity contribution in [3.05, 3.63) is 35.4 Å². The van der Waals surface area contributed by atoms with Crippen LogP contribution in [0.4, 0.5) is 0 Å². The number of aliphatic carboxylic acids is 2. The summed E-state index contributed by atoms with van der Waals surface area (Å²) >= 11 is 0. The van der Waals surface area contributed by atoms with Crippen molar-refractivity contribution in [2.24, 2.45) is 9.98 Å². The van der Waals surface area contributed by atoms with Crippen molar-refractivity contribution < 1.29 is 19.8 Å². The van der Waals surface area contributed by atoms with Crippen LogP contribution in [0, 0.1) is 0 Å². The topological polar surface area (TPSA) is 99.3 Å². The predicted molar refractivity (Wildman–Crippen MR) is 113 cm³/mol. The molecule has 6 nitrogen and oxygen atoms in total. The van der Waals surface area contributed by atoms with Crippen molar-refractivity contribution in [2.75, 3.05) is 13.1 Å². The Labute approximate surface area is 167 Å². The van der Waals surface area contributed by atoms with Gasteiger partial charge in [-0.15, -0.1) is 0 Å². The number of benzene rings is 1. The molecule has 1 rings (SSSR count). The summed E-state index contributed by atoms with van der Waals surface area (Å²) in [5, 5.41) is 17.1. The molecular weight excluding hydrogens is 356 g/mol. The number of hydrogen-bond acceptors (Lipinski definition) is 4. The van der Waals surface area contributed by atoms with E-state index < -0.39 is 11.9 Å². The maximum Gasteiger partial charge on any atom is 0.303 e. The molecule has 0 unspecified atom stereocenters. The van der Waals surface area contributed by atoms with Gasteiger partial charge in [0.15, 0.2) is 0 Å². The van der Waals surface area contributed by atoms with Crippen LogP contribution < -0.4 is 0 Å². The van der Waals surface area contributed by atoms with Crippen LogP contribution in [0.5, 0.6) is 0 Å². The molecule has 0 aliphatic rings. The molecule has 0 bridgehead atoms. The number of nitrogens with zero attached hydrogens (tertiary/aromatic N) is 2. The van der Waals surface area contributed by atoms with E-state index in [1.54, 1.807) is 0 Å². The maximum atomic E-state index is 10.4. The van der Waals surface area contributed by atoms with Crippen molar-refractivity contribution in [3.63, 3.8) is 0 Å². The van der Waals surface area contributed by atoms with E-state index in [1.807, 2.05) is 36.7 Å². The first-order valence-corrected chi connectivity index (χ1v) is 10.1. The summed E-state index contributed by atoms with van der Waals surface area (Å²) in [4.78, 5) is 29.6. The Kier molecular flexibility index (Phi) is 13.1. The lowest BCUT2D eigenvalue weighted by molar-refractivity contribution is -0.138. The fourth-order valence-electron chi connectivity index (χ4n) is 2.67. The lowest BCUT2D eigenvalue weighted by Crippen LogP contribution is -1.94. The normalized spacial score (nSPS) is 11.4. The highest BCUT2D eigenvalue weighted by molar-refractivity contribution is 5.84. The van der Waals surface area contributed by atoms with Gasteiger partial charge in [-0.05, 0) is 36.8 Å². The molecule has 0 spiro atoms. The van der Waals surface area contributed by atoms with Crippen LogP contribution in [0.2, 0.25) is 0 Å². The largest absolute Gasteiger partial charge is 0.481 e. The molecule has 6 heteroatoms. The second kappa shape index (κ2) is 15.5. The van der Waals surface area contributed by atoms with Crippen LogP contribution in [0.1, 0.15) is 75.3 Å². The molecule has 28 heavy (non-hydrogen) atoms. The van der Waals surface area contributed by atoms with Crippen LogP contribution in [0.15, 0.2) is 34.3 Å². The molecule has 0 saturated carbocycles. The highest BCUT2D eigenvalue weighted by atomic mass is 16.4. The summed E-state index contributed by atoms with van der Waals surface area (Å²) in [6, 6.07) is 8.07. The first-order chi connectivity index (χ1) is 13.6. The first kappa shape index (κ1) is 23.5.